The predicted octanol–water partition coefficient (Wildman–Crippen LogP) is 2.49. The molecule has 1 aliphatic heterocycles. The number of azide groups is 1. The Bertz CT molecular complexity index is 627. The summed E-state index contributed by atoms with van der Waals surface area (Å²) in [5.74, 6) is -0.654. The fraction of sp³-hybridized carbons (Fsp3) is 0.438. The van der Waals surface area contributed by atoms with Crippen molar-refractivity contribution in [3.8, 4) is 0 Å². The highest BCUT2D eigenvalue weighted by Gasteiger charge is 2.25. The Hall–Kier alpha value is -2.34. The Labute approximate surface area is 135 Å². The van der Waals surface area contributed by atoms with Crippen LogP contribution < -0.4 is 0 Å². The van der Waals surface area contributed by atoms with Gasteiger partial charge in [-0.2, -0.15) is 0 Å². The van der Waals surface area contributed by atoms with Gasteiger partial charge in [0.25, 0.3) is 0 Å². The van der Waals surface area contributed by atoms with Crippen LogP contribution in [0, 0.1) is 0 Å². The van der Waals surface area contributed by atoms with Crippen LogP contribution in [0.2, 0.25) is 0 Å². The summed E-state index contributed by atoms with van der Waals surface area (Å²) in [4.78, 5) is 14.2. The minimum atomic E-state index is -0.654. The smallest absolute Gasteiger partial charge is 0.340 e. The lowest BCUT2D eigenvalue weighted by atomic mass is 10.1. The Morgan fingerprint density at radius 2 is 2.04 bits per heavy atom. The van der Waals surface area contributed by atoms with E-state index in [0.717, 1.165) is 42.9 Å². The highest BCUT2D eigenvalue weighted by Crippen LogP contribution is 2.17. The predicted molar refractivity (Wildman–Crippen MR) is 86.0 cm³/mol. The van der Waals surface area contributed by atoms with E-state index in [-0.39, 0.29) is 5.70 Å². The Kier molecular flexibility index (Phi) is 5.76. The molecule has 0 amide bonds. The van der Waals surface area contributed by atoms with E-state index in [1.54, 1.807) is 0 Å². The van der Waals surface area contributed by atoms with E-state index in [1.165, 1.54) is 18.7 Å². The largest absolute Gasteiger partial charge is 0.466 e. The number of ether oxygens (including phenoxy) is 2. The standard InChI is InChI=1S/C16H21N4O3/c1-20(7-9-23-10-8-20)12-14-5-3-13(4-6-14)11-15(18-19-17)16(21)22-2/h3-6,11H,7-10,12H2,1-2H3/q+1. The van der Waals surface area contributed by atoms with Crippen molar-refractivity contribution in [3.05, 3.63) is 51.5 Å². The normalized spacial score (nSPS) is 17.2. The van der Waals surface area contributed by atoms with Crippen molar-refractivity contribution in [1.29, 1.82) is 0 Å². The molecule has 1 aliphatic rings. The third-order valence-electron chi connectivity index (χ3n) is 3.95. The maximum absolute atomic E-state index is 11.5. The molecule has 0 N–H and O–H groups in total. The molecule has 122 valence electrons. The second-order valence-electron chi connectivity index (χ2n) is 5.79. The number of carbonyl (C=O) groups excluding carboxylic acids is 1. The fourth-order valence-corrected chi connectivity index (χ4v) is 2.54. The molecule has 0 saturated carbocycles. The van der Waals surface area contributed by atoms with Crippen molar-refractivity contribution in [3.63, 3.8) is 0 Å². The van der Waals surface area contributed by atoms with E-state index < -0.39 is 5.97 Å². The molecule has 0 bridgehead atoms. The SMILES string of the molecule is COC(=O)C(=Cc1ccc(C[N+]2(C)CCOCC2)cc1)N=[N+]=[N-]. The molecule has 7 nitrogen and oxygen atoms in total. The number of hydrogen-bond donors (Lipinski definition) is 0. The number of morpholine rings is 1. The highest BCUT2D eigenvalue weighted by atomic mass is 16.5. The summed E-state index contributed by atoms with van der Waals surface area (Å²) in [6, 6.07) is 7.85. The molecular formula is C16H21N4O3+. The van der Waals surface area contributed by atoms with E-state index in [9.17, 15) is 4.79 Å². The van der Waals surface area contributed by atoms with Crippen molar-refractivity contribution in [1.82, 2.24) is 0 Å². The maximum atomic E-state index is 11.5. The Balaban J connectivity index is 2.12. The van der Waals surface area contributed by atoms with Gasteiger partial charge in [-0.25, -0.2) is 4.79 Å². The summed E-state index contributed by atoms with van der Waals surface area (Å²) in [6.07, 6.45) is 1.51. The number of carbonyl (C=O) groups is 1. The first-order valence-electron chi connectivity index (χ1n) is 7.42. The molecule has 0 aliphatic carbocycles. The molecule has 0 atom stereocenters. The zero-order chi connectivity index (χ0) is 16.7. The minimum Gasteiger partial charge on any atom is -0.466 e. The quantitative estimate of drug-likeness (QED) is 0.209. The number of rotatable bonds is 5. The lowest BCUT2D eigenvalue weighted by Gasteiger charge is -2.37. The highest BCUT2D eigenvalue weighted by molar-refractivity contribution is 5.93. The van der Waals surface area contributed by atoms with Gasteiger partial charge in [0.05, 0.1) is 27.4 Å². The summed E-state index contributed by atoms with van der Waals surface area (Å²) in [5.41, 5.74) is 10.5. The van der Waals surface area contributed by atoms with Gasteiger partial charge in [-0.15, -0.1) is 0 Å². The topological polar surface area (TPSA) is 84.3 Å². The number of quaternary nitrogens is 1. The molecule has 1 aromatic rings. The van der Waals surface area contributed by atoms with E-state index in [0.29, 0.717) is 0 Å². The number of benzene rings is 1. The van der Waals surface area contributed by atoms with Gasteiger partial charge in [0.1, 0.15) is 25.3 Å². The zero-order valence-electron chi connectivity index (χ0n) is 13.4. The monoisotopic (exact) mass is 317 g/mol. The molecule has 2 rings (SSSR count). The second kappa shape index (κ2) is 7.78. The van der Waals surface area contributed by atoms with Crippen LogP contribution in [0.3, 0.4) is 0 Å². The molecule has 0 aromatic heterocycles. The summed E-state index contributed by atoms with van der Waals surface area (Å²) < 4.78 is 11.0. The van der Waals surface area contributed by atoms with Crippen LogP contribution in [-0.2, 0) is 20.8 Å². The van der Waals surface area contributed by atoms with E-state index in [2.05, 4.69) is 21.8 Å². The first-order chi connectivity index (χ1) is 11.1. The molecule has 7 heteroatoms. The molecule has 1 heterocycles. The molecule has 0 unspecified atom stereocenters. The maximum Gasteiger partial charge on any atom is 0.340 e. The van der Waals surface area contributed by atoms with Crippen LogP contribution in [0.5, 0.6) is 0 Å². The number of likely N-dealkylation sites (N-methyl/N-ethyl adjacent to an activating group) is 1. The van der Waals surface area contributed by atoms with Gasteiger partial charge in [0, 0.05) is 10.5 Å². The second-order valence-corrected chi connectivity index (χ2v) is 5.79. The van der Waals surface area contributed by atoms with Gasteiger partial charge in [-0.1, -0.05) is 29.4 Å². The lowest BCUT2D eigenvalue weighted by molar-refractivity contribution is -0.929. The average Bonchev–Trinajstić information content (AvgIpc) is 2.56. The van der Waals surface area contributed by atoms with Crippen LogP contribution in [0.15, 0.2) is 35.1 Å². The van der Waals surface area contributed by atoms with Crippen LogP contribution in [0.1, 0.15) is 11.1 Å². The van der Waals surface area contributed by atoms with E-state index >= 15 is 0 Å². The van der Waals surface area contributed by atoms with Gasteiger partial charge in [0.15, 0.2) is 0 Å². The molecule has 0 radical (unpaired) electrons. The van der Waals surface area contributed by atoms with Crippen LogP contribution in [-0.4, -0.2) is 50.9 Å². The number of nitrogens with zero attached hydrogens (tertiary/aromatic N) is 4. The van der Waals surface area contributed by atoms with Crippen LogP contribution >= 0.6 is 0 Å². The third-order valence-corrected chi connectivity index (χ3v) is 3.95. The van der Waals surface area contributed by atoms with E-state index in [4.69, 9.17) is 10.3 Å². The average molecular weight is 317 g/mol. The molecule has 1 aromatic carbocycles. The Morgan fingerprint density at radius 1 is 1.39 bits per heavy atom. The van der Waals surface area contributed by atoms with Crippen molar-refractivity contribution >= 4 is 12.0 Å². The van der Waals surface area contributed by atoms with E-state index in [1.807, 2.05) is 24.3 Å². The summed E-state index contributed by atoms with van der Waals surface area (Å²) in [6.45, 7) is 4.54. The van der Waals surface area contributed by atoms with Gasteiger partial charge in [-0.05, 0) is 17.2 Å². The van der Waals surface area contributed by atoms with Crippen LogP contribution in [0.25, 0.3) is 16.5 Å². The third kappa shape index (κ3) is 4.82. The molecule has 1 fully saturated rings. The number of esters is 1. The van der Waals surface area contributed by atoms with Gasteiger partial charge >= 0.3 is 5.97 Å². The van der Waals surface area contributed by atoms with Gasteiger partial charge in [0.2, 0.25) is 0 Å². The van der Waals surface area contributed by atoms with Gasteiger partial charge in [-0.3, -0.25) is 0 Å². The molecular weight excluding hydrogens is 296 g/mol. The lowest BCUT2D eigenvalue weighted by Crippen LogP contribution is -2.51. The molecule has 1 saturated heterocycles. The fourth-order valence-electron chi connectivity index (χ4n) is 2.54. The molecule has 0 spiro atoms. The first-order valence-corrected chi connectivity index (χ1v) is 7.42. The number of methoxy groups -OCH3 is 1. The summed E-state index contributed by atoms with van der Waals surface area (Å²) in [5, 5.41) is 3.37. The first kappa shape index (κ1) is 17.0. The zero-order valence-corrected chi connectivity index (χ0v) is 13.4. The van der Waals surface area contributed by atoms with Crippen LogP contribution in [0.4, 0.5) is 0 Å². The summed E-state index contributed by atoms with van der Waals surface area (Å²) in [7, 11) is 3.48. The molecule has 23 heavy (non-hydrogen) atoms. The van der Waals surface area contributed by atoms with Gasteiger partial charge < -0.3 is 14.0 Å². The van der Waals surface area contributed by atoms with Crippen molar-refractivity contribution in [2.75, 3.05) is 40.5 Å². The summed E-state index contributed by atoms with van der Waals surface area (Å²) >= 11 is 0. The van der Waals surface area contributed by atoms with Crippen molar-refractivity contribution in [2.24, 2.45) is 5.11 Å². The minimum absolute atomic E-state index is 0.0603. The number of hydrogen-bond acceptors (Lipinski definition) is 4. The Morgan fingerprint density at radius 3 is 2.61 bits per heavy atom. The van der Waals surface area contributed by atoms with Crippen molar-refractivity contribution in [2.45, 2.75) is 6.54 Å². The van der Waals surface area contributed by atoms with Crippen molar-refractivity contribution < 1.29 is 18.8 Å².